The Kier molecular flexibility index (Phi) is 11.3. The lowest BCUT2D eigenvalue weighted by Crippen LogP contribution is -2.56. The largest absolute Gasteiger partial charge is 0.493 e. The molecular weight excluding hydrogens is 614 g/mol. The van der Waals surface area contributed by atoms with Gasteiger partial charge in [0.2, 0.25) is 11.8 Å². The van der Waals surface area contributed by atoms with E-state index < -0.39 is 34.1 Å². The molecule has 4 aromatic carbocycles. The van der Waals surface area contributed by atoms with E-state index in [0.29, 0.717) is 11.4 Å². The highest BCUT2D eigenvalue weighted by Crippen LogP contribution is 2.32. The van der Waals surface area contributed by atoms with Crippen LogP contribution in [0.1, 0.15) is 37.5 Å². The third kappa shape index (κ3) is 9.13. The lowest BCUT2D eigenvalue weighted by molar-refractivity contribution is -0.140. The number of nitrogens with zero attached hydrogens (tertiary/aromatic N) is 2. The Hall–Kier alpha value is -4.83. The van der Waals surface area contributed by atoms with Gasteiger partial charge in [-0.05, 0) is 63.1 Å². The number of para-hydroxylation sites is 1. The Balaban J connectivity index is 1.82. The number of carbonyl (C=O) groups excluding carboxylic acids is 2. The van der Waals surface area contributed by atoms with Crippen molar-refractivity contribution in [1.82, 2.24) is 10.2 Å². The molecule has 0 aliphatic carbocycles. The van der Waals surface area contributed by atoms with Gasteiger partial charge in [-0.2, -0.15) is 0 Å². The van der Waals surface area contributed by atoms with E-state index in [1.807, 2.05) is 82.3 Å². The highest BCUT2D eigenvalue weighted by atomic mass is 32.2. The maximum absolute atomic E-state index is 14.6. The molecule has 10 heteroatoms. The molecular formula is C37H43N3O6S. The zero-order chi connectivity index (χ0) is 34.2. The van der Waals surface area contributed by atoms with Crippen LogP contribution in [0.5, 0.6) is 11.5 Å². The van der Waals surface area contributed by atoms with Crippen LogP contribution in [-0.2, 0) is 32.6 Å². The molecule has 0 fully saturated rings. The van der Waals surface area contributed by atoms with E-state index in [9.17, 15) is 18.0 Å². The molecule has 1 atom stereocenters. The van der Waals surface area contributed by atoms with Gasteiger partial charge in [-0.1, -0.05) is 78.4 Å². The van der Waals surface area contributed by atoms with Crippen molar-refractivity contribution >= 4 is 27.5 Å². The van der Waals surface area contributed by atoms with Gasteiger partial charge < -0.3 is 19.7 Å². The average molecular weight is 658 g/mol. The van der Waals surface area contributed by atoms with Gasteiger partial charge in [-0.15, -0.1) is 0 Å². The summed E-state index contributed by atoms with van der Waals surface area (Å²) in [7, 11) is -1.42. The summed E-state index contributed by atoms with van der Waals surface area (Å²) in [6, 6.07) is 29.0. The van der Waals surface area contributed by atoms with Gasteiger partial charge in [-0.3, -0.25) is 13.9 Å². The normalized spacial score (nSPS) is 12.1. The first kappa shape index (κ1) is 35.0. The monoisotopic (exact) mass is 657 g/mol. The molecule has 0 saturated heterocycles. The second-order valence-electron chi connectivity index (χ2n) is 12.3. The molecule has 0 heterocycles. The van der Waals surface area contributed by atoms with E-state index in [0.717, 1.165) is 21.0 Å². The molecule has 248 valence electrons. The van der Waals surface area contributed by atoms with Crippen molar-refractivity contribution in [2.24, 2.45) is 0 Å². The molecule has 0 bridgehead atoms. The number of benzene rings is 4. The first-order chi connectivity index (χ1) is 22.3. The van der Waals surface area contributed by atoms with Gasteiger partial charge in [0.15, 0.2) is 11.5 Å². The Morgan fingerprint density at radius 3 is 2.00 bits per heavy atom. The van der Waals surface area contributed by atoms with Crippen molar-refractivity contribution in [2.45, 2.75) is 57.1 Å². The van der Waals surface area contributed by atoms with Crippen LogP contribution in [0.2, 0.25) is 0 Å². The van der Waals surface area contributed by atoms with Gasteiger partial charge in [0.05, 0.1) is 24.8 Å². The predicted molar refractivity (Wildman–Crippen MR) is 184 cm³/mol. The van der Waals surface area contributed by atoms with E-state index in [4.69, 9.17) is 9.47 Å². The fourth-order valence-electron chi connectivity index (χ4n) is 5.24. The highest BCUT2D eigenvalue weighted by Gasteiger charge is 2.36. The minimum atomic E-state index is -4.30. The zero-order valence-electron chi connectivity index (χ0n) is 27.8. The number of ether oxygens (including phenoxy) is 2. The Labute approximate surface area is 278 Å². The van der Waals surface area contributed by atoms with Crippen LogP contribution in [0.15, 0.2) is 108 Å². The van der Waals surface area contributed by atoms with E-state index in [-0.39, 0.29) is 29.5 Å². The van der Waals surface area contributed by atoms with Crippen molar-refractivity contribution in [2.75, 3.05) is 25.1 Å². The Morgan fingerprint density at radius 2 is 1.40 bits per heavy atom. The minimum Gasteiger partial charge on any atom is -0.493 e. The number of amides is 2. The number of nitrogens with one attached hydrogen (secondary N) is 1. The molecule has 0 spiro atoms. The summed E-state index contributed by atoms with van der Waals surface area (Å²) < 4.78 is 40.4. The van der Waals surface area contributed by atoms with Gasteiger partial charge in [-0.25, -0.2) is 8.42 Å². The molecule has 0 radical (unpaired) electrons. The third-order valence-corrected chi connectivity index (χ3v) is 9.24. The molecule has 47 heavy (non-hydrogen) atoms. The number of sulfonamides is 1. The van der Waals surface area contributed by atoms with Crippen molar-refractivity contribution < 1.29 is 27.5 Å². The number of rotatable bonds is 13. The zero-order valence-corrected chi connectivity index (χ0v) is 28.6. The van der Waals surface area contributed by atoms with E-state index in [2.05, 4.69) is 5.32 Å². The molecule has 1 N–H and O–H groups in total. The lowest BCUT2D eigenvalue weighted by Gasteiger charge is -2.35. The fraction of sp³-hybridized carbons (Fsp3) is 0.297. The SMILES string of the molecule is COc1ccc(S(=O)(=O)N(CC(=O)N(Cc2cccc(C)c2)C(Cc2ccccc2)C(=O)NC(C)(C)C)c2ccccc2)cc1OC. The number of methoxy groups -OCH3 is 2. The van der Waals surface area contributed by atoms with E-state index >= 15 is 0 Å². The second kappa shape index (κ2) is 15.2. The van der Waals surface area contributed by atoms with Crippen LogP contribution in [0.25, 0.3) is 0 Å². The summed E-state index contributed by atoms with van der Waals surface area (Å²) in [6.45, 7) is 7.13. The van der Waals surface area contributed by atoms with Crippen LogP contribution in [-0.4, -0.2) is 57.5 Å². The maximum Gasteiger partial charge on any atom is 0.264 e. The van der Waals surface area contributed by atoms with Crippen molar-refractivity contribution in [3.05, 3.63) is 120 Å². The third-order valence-electron chi connectivity index (χ3n) is 7.47. The summed E-state index contributed by atoms with van der Waals surface area (Å²) >= 11 is 0. The molecule has 1 unspecified atom stereocenters. The summed E-state index contributed by atoms with van der Waals surface area (Å²) in [5.74, 6) is -0.275. The number of anilines is 1. The van der Waals surface area contributed by atoms with Crippen molar-refractivity contribution in [3.8, 4) is 11.5 Å². The summed E-state index contributed by atoms with van der Waals surface area (Å²) in [4.78, 5) is 30.0. The van der Waals surface area contributed by atoms with Crippen molar-refractivity contribution in [1.29, 1.82) is 0 Å². The highest BCUT2D eigenvalue weighted by molar-refractivity contribution is 7.92. The quantitative estimate of drug-likeness (QED) is 0.196. The standard InChI is InChI=1S/C37H43N3O6S/c1-27-14-13-17-29(22-27)25-39(32(36(42)38-37(2,3)4)23-28-15-9-7-10-16-28)35(41)26-40(30-18-11-8-12-19-30)47(43,44)31-20-21-33(45-5)34(24-31)46-6/h7-22,24,32H,23,25-26H2,1-6H3,(H,38,42). The van der Waals surface area contributed by atoms with Crippen LogP contribution < -0.4 is 19.1 Å². The first-order valence-corrected chi connectivity index (χ1v) is 16.8. The Morgan fingerprint density at radius 1 is 0.787 bits per heavy atom. The van der Waals surface area contributed by atoms with Crippen LogP contribution in [0.4, 0.5) is 5.69 Å². The van der Waals surface area contributed by atoms with Gasteiger partial charge in [0, 0.05) is 24.6 Å². The smallest absolute Gasteiger partial charge is 0.264 e. The number of hydrogen-bond donors (Lipinski definition) is 1. The fourth-order valence-corrected chi connectivity index (χ4v) is 6.67. The number of carbonyl (C=O) groups is 2. The van der Waals surface area contributed by atoms with E-state index in [1.165, 1.54) is 37.3 Å². The molecule has 9 nitrogen and oxygen atoms in total. The molecule has 2 amide bonds. The molecule has 0 aliphatic heterocycles. The molecule has 4 aromatic rings. The molecule has 4 rings (SSSR count). The minimum absolute atomic E-state index is 0.0802. The maximum atomic E-state index is 14.6. The topological polar surface area (TPSA) is 105 Å². The first-order valence-electron chi connectivity index (χ1n) is 15.3. The predicted octanol–water partition coefficient (Wildman–Crippen LogP) is 5.76. The van der Waals surface area contributed by atoms with Crippen LogP contribution in [0.3, 0.4) is 0 Å². The second-order valence-corrected chi connectivity index (χ2v) is 14.2. The summed E-state index contributed by atoms with van der Waals surface area (Å²) in [5, 5.41) is 3.05. The van der Waals surface area contributed by atoms with Crippen molar-refractivity contribution in [3.63, 3.8) is 0 Å². The average Bonchev–Trinajstić information content (AvgIpc) is 3.04. The van der Waals surface area contributed by atoms with Crippen LogP contribution in [0, 0.1) is 6.92 Å². The van der Waals surface area contributed by atoms with Gasteiger partial charge in [0.1, 0.15) is 12.6 Å². The molecule has 0 saturated carbocycles. The Bertz CT molecular complexity index is 1770. The summed E-state index contributed by atoms with van der Waals surface area (Å²) in [6.07, 6.45) is 0.230. The summed E-state index contributed by atoms with van der Waals surface area (Å²) in [5.41, 5.74) is 2.40. The number of hydrogen-bond acceptors (Lipinski definition) is 6. The van der Waals surface area contributed by atoms with E-state index in [1.54, 1.807) is 30.3 Å². The van der Waals surface area contributed by atoms with Gasteiger partial charge in [0.25, 0.3) is 10.0 Å². The molecule has 0 aliphatic rings. The lowest BCUT2D eigenvalue weighted by atomic mass is 10.0. The van der Waals surface area contributed by atoms with Gasteiger partial charge >= 0.3 is 0 Å². The number of aryl methyl sites for hydroxylation is 1. The molecule has 0 aromatic heterocycles. The van der Waals surface area contributed by atoms with Crippen LogP contribution >= 0.6 is 0 Å².